The van der Waals surface area contributed by atoms with E-state index in [1.54, 1.807) is 22.7 Å². The highest BCUT2D eigenvalue weighted by Gasteiger charge is 2.32. The molecular formula is C24H30N6O3. The van der Waals surface area contributed by atoms with Crippen molar-refractivity contribution in [3.63, 3.8) is 0 Å². The van der Waals surface area contributed by atoms with E-state index in [1.165, 1.54) is 0 Å². The summed E-state index contributed by atoms with van der Waals surface area (Å²) in [5.41, 5.74) is 3.38. The van der Waals surface area contributed by atoms with Gasteiger partial charge in [0.25, 0.3) is 5.91 Å². The number of nitrogens with zero attached hydrogens (tertiary/aromatic N) is 6. The first kappa shape index (κ1) is 21.8. The first-order chi connectivity index (χ1) is 15.9. The summed E-state index contributed by atoms with van der Waals surface area (Å²) in [7, 11) is 0. The number of anilines is 1. The number of carbonyl (C=O) groups is 1. The monoisotopic (exact) mass is 450 g/mol. The zero-order chi connectivity index (χ0) is 23.1. The number of aromatic nitrogens is 4. The predicted octanol–water partition coefficient (Wildman–Crippen LogP) is 2.11. The van der Waals surface area contributed by atoms with Crippen molar-refractivity contribution in [3.8, 4) is 0 Å². The molecule has 2 aliphatic heterocycles. The fourth-order valence-corrected chi connectivity index (χ4v) is 4.94. The number of aliphatic hydroxyl groups is 2. The van der Waals surface area contributed by atoms with Crippen LogP contribution in [0.2, 0.25) is 0 Å². The smallest absolute Gasteiger partial charge is 0.273 e. The molecule has 0 bridgehead atoms. The maximum Gasteiger partial charge on any atom is 0.273 e. The Bertz CT molecular complexity index is 1170. The number of β-amino-alcohol motifs (C(OH)–C–C–N with tert-alkyl or cyclic N) is 1. The molecule has 3 atom stereocenters. The fourth-order valence-electron chi connectivity index (χ4n) is 4.94. The van der Waals surface area contributed by atoms with Gasteiger partial charge < -0.3 is 20.0 Å². The van der Waals surface area contributed by atoms with Crippen LogP contribution in [0, 0.1) is 12.8 Å². The second-order valence-corrected chi connectivity index (χ2v) is 9.25. The van der Waals surface area contributed by atoms with Crippen molar-refractivity contribution in [1.82, 2.24) is 24.5 Å². The SMILES string of the molecule is Cc1cn2nc([C@@H]3CCCCN3C(=O)c3cccc(CO)n3)cc2nc1N1C[C@@H](C)[C@@H](O)C1. The molecule has 9 nitrogen and oxygen atoms in total. The summed E-state index contributed by atoms with van der Waals surface area (Å²) in [4.78, 5) is 26.5. The number of fused-ring (bicyclic) bond motifs is 1. The van der Waals surface area contributed by atoms with E-state index in [0.29, 0.717) is 24.5 Å². The number of pyridine rings is 1. The number of piperidine rings is 1. The lowest BCUT2D eigenvalue weighted by atomic mass is 9.99. The molecule has 0 unspecified atom stereocenters. The van der Waals surface area contributed by atoms with Gasteiger partial charge in [0.2, 0.25) is 0 Å². The van der Waals surface area contributed by atoms with E-state index < -0.39 is 0 Å². The van der Waals surface area contributed by atoms with Gasteiger partial charge >= 0.3 is 0 Å². The minimum absolute atomic E-state index is 0.142. The maximum atomic E-state index is 13.3. The van der Waals surface area contributed by atoms with E-state index in [0.717, 1.165) is 48.5 Å². The highest BCUT2D eigenvalue weighted by molar-refractivity contribution is 5.92. The number of aryl methyl sites for hydroxylation is 1. The lowest BCUT2D eigenvalue weighted by molar-refractivity contribution is 0.0599. The Kier molecular flexibility index (Phi) is 5.76. The summed E-state index contributed by atoms with van der Waals surface area (Å²) < 4.78 is 1.78. The Morgan fingerprint density at radius 3 is 2.82 bits per heavy atom. The molecule has 174 valence electrons. The van der Waals surface area contributed by atoms with Gasteiger partial charge in [-0.3, -0.25) is 4.79 Å². The number of hydrogen-bond acceptors (Lipinski definition) is 7. The topological polar surface area (TPSA) is 107 Å². The second kappa shape index (κ2) is 8.72. The quantitative estimate of drug-likeness (QED) is 0.627. The molecule has 0 saturated carbocycles. The molecule has 3 aromatic rings. The van der Waals surface area contributed by atoms with E-state index in [-0.39, 0.29) is 30.6 Å². The Morgan fingerprint density at radius 2 is 2.06 bits per heavy atom. The van der Waals surface area contributed by atoms with Crippen molar-refractivity contribution in [1.29, 1.82) is 0 Å². The molecule has 0 spiro atoms. The van der Waals surface area contributed by atoms with Crippen LogP contribution in [0.1, 0.15) is 59.7 Å². The molecular weight excluding hydrogens is 420 g/mol. The molecule has 33 heavy (non-hydrogen) atoms. The van der Waals surface area contributed by atoms with E-state index in [1.807, 2.05) is 24.1 Å². The van der Waals surface area contributed by atoms with Gasteiger partial charge in [-0.1, -0.05) is 13.0 Å². The molecule has 2 saturated heterocycles. The van der Waals surface area contributed by atoms with Crippen molar-refractivity contribution in [2.45, 2.75) is 51.9 Å². The van der Waals surface area contributed by atoms with Crippen LogP contribution in [0.5, 0.6) is 0 Å². The Labute approximate surface area is 192 Å². The largest absolute Gasteiger partial charge is 0.391 e. The van der Waals surface area contributed by atoms with Crippen molar-refractivity contribution >= 4 is 17.4 Å². The Balaban J connectivity index is 1.46. The van der Waals surface area contributed by atoms with Crippen LogP contribution in [0.25, 0.3) is 5.65 Å². The third-order valence-corrected chi connectivity index (χ3v) is 6.79. The maximum absolute atomic E-state index is 13.3. The number of rotatable bonds is 4. The highest BCUT2D eigenvalue weighted by atomic mass is 16.3. The van der Waals surface area contributed by atoms with E-state index in [2.05, 4.69) is 16.8 Å². The third kappa shape index (κ3) is 4.06. The molecule has 2 fully saturated rings. The van der Waals surface area contributed by atoms with Crippen molar-refractivity contribution < 1.29 is 15.0 Å². The van der Waals surface area contributed by atoms with Crippen LogP contribution in [-0.2, 0) is 6.61 Å². The summed E-state index contributed by atoms with van der Waals surface area (Å²) in [6.45, 7) is 5.86. The van der Waals surface area contributed by atoms with Crippen LogP contribution in [0.4, 0.5) is 5.82 Å². The first-order valence-corrected chi connectivity index (χ1v) is 11.6. The number of hydrogen-bond donors (Lipinski definition) is 2. The predicted molar refractivity (Wildman–Crippen MR) is 123 cm³/mol. The van der Waals surface area contributed by atoms with Crippen LogP contribution in [0.15, 0.2) is 30.5 Å². The normalized spacial score (nSPS) is 23.5. The van der Waals surface area contributed by atoms with Gasteiger partial charge in [0.15, 0.2) is 5.65 Å². The average Bonchev–Trinajstić information content (AvgIpc) is 3.40. The molecule has 1 amide bonds. The van der Waals surface area contributed by atoms with Gasteiger partial charge in [-0.15, -0.1) is 0 Å². The fraction of sp³-hybridized carbons (Fsp3) is 0.500. The highest BCUT2D eigenvalue weighted by Crippen LogP contribution is 2.33. The Hall–Kier alpha value is -3.04. The first-order valence-electron chi connectivity index (χ1n) is 11.6. The van der Waals surface area contributed by atoms with Gasteiger partial charge in [0.1, 0.15) is 11.5 Å². The van der Waals surface area contributed by atoms with Crippen LogP contribution < -0.4 is 4.90 Å². The lowest BCUT2D eigenvalue weighted by Crippen LogP contribution is -2.39. The molecule has 2 N–H and O–H groups in total. The second-order valence-electron chi connectivity index (χ2n) is 9.25. The van der Waals surface area contributed by atoms with Gasteiger partial charge in [-0.25, -0.2) is 14.5 Å². The average molecular weight is 451 g/mol. The minimum Gasteiger partial charge on any atom is -0.391 e. The van der Waals surface area contributed by atoms with Crippen molar-refractivity contribution in [3.05, 3.63) is 53.1 Å². The van der Waals surface area contributed by atoms with Crippen molar-refractivity contribution in [2.75, 3.05) is 24.5 Å². The minimum atomic E-state index is -0.345. The lowest BCUT2D eigenvalue weighted by Gasteiger charge is -2.34. The van der Waals surface area contributed by atoms with Gasteiger partial charge in [0, 0.05) is 43.4 Å². The summed E-state index contributed by atoms with van der Waals surface area (Å²) in [6, 6.07) is 6.97. The third-order valence-electron chi connectivity index (χ3n) is 6.79. The molecule has 3 aromatic heterocycles. The number of aliphatic hydroxyl groups excluding tert-OH is 2. The summed E-state index contributed by atoms with van der Waals surface area (Å²) in [5.74, 6) is 0.943. The molecule has 2 aliphatic rings. The van der Waals surface area contributed by atoms with Gasteiger partial charge in [0.05, 0.1) is 30.1 Å². The summed E-state index contributed by atoms with van der Waals surface area (Å²) >= 11 is 0. The van der Waals surface area contributed by atoms with E-state index in [9.17, 15) is 15.0 Å². The van der Waals surface area contributed by atoms with Crippen LogP contribution >= 0.6 is 0 Å². The molecule has 0 aromatic carbocycles. The zero-order valence-corrected chi connectivity index (χ0v) is 19.1. The molecule has 5 rings (SSSR count). The van der Waals surface area contributed by atoms with Crippen LogP contribution in [-0.4, -0.2) is 66.3 Å². The summed E-state index contributed by atoms with van der Waals surface area (Å²) in [5, 5.41) is 24.4. The van der Waals surface area contributed by atoms with E-state index >= 15 is 0 Å². The Morgan fingerprint density at radius 1 is 1.21 bits per heavy atom. The molecule has 0 radical (unpaired) electrons. The number of amides is 1. The van der Waals surface area contributed by atoms with Crippen LogP contribution in [0.3, 0.4) is 0 Å². The molecule has 0 aliphatic carbocycles. The molecule has 9 heteroatoms. The van der Waals surface area contributed by atoms with Gasteiger partial charge in [-0.05, 0) is 38.3 Å². The number of carbonyl (C=O) groups excluding carboxylic acids is 1. The zero-order valence-electron chi connectivity index (χ0n) is 19.1. The molecule has 5 heterocycles. The van der Waals surface area contributed by atoms with E-state index in [4.69, 9.17) is 10.1 Å². The van der Waals surface area contributed by atoms with Gasteiger partial charge in [-0.2, -0.15) is 5.10 Å². The van der Waals surface area contributed by atoms with Crippen molar-refractivity contribution in [2.24, 2.45) is 5.92 Å². The summed E-state index contributed by atoms with van der Waals surface area (Å²) in [6.07, 6.45) is 4.41. The number of likely N-dealkylation sites (tertiary alicyclic amines) is 1. The standard InChI is InChI=1S/C24H30N6O3/c1-15-11-28(13-21(15)32)23-16(2)12-30-22(26-23)10-19(27-30)20-8-3-4-9-29(20)24(33)18-7-5-6-17(14-31)25-18/h5-7,10,12,15,20-21,31-32H,3-4,8-9,11,13-14H2,1-2H3/t15-,20+,21+/m1/s1.